The minimum Gasteiger partial charge on any atom is -0.508 e. The molecule has 2 aliphatic rings. The Bertz CT molecular complexity index is 1060. The van der Waals surface area contributed by atoms with Gasteiger partial charge in [0.05, 0.1) is 11.7 Å². The molecule has 0 saturated carbocycles. The second-order valence-electron chi connectivity index (χ2n) is 8.22. The highest BCUT2D eigenvalue weighted by molar-refractivity contribution is 5.54. The van der Waals surface area contributed by atoms with Gasteiger partial charge in [0.25, 0.3) is 0 Å². The van der Waals surface area contributed by atoms with Crippen LogP contribution in [-0.4, -0.2) is 58.7 Å². The van der Waals surface area contributed by atoms with E-state index in [4.69, 9.17) is 0 Å². The van der Waals surface area contributed by atoms with E-state index >= 15 is 0 Å². The molecule has 8 heteroatoms. The number of hydrogen-bond acceptors (Lipinski definition) is 6. The molecule has 5 rings (SSSR count). The lowest BCUT2D eigenvalue weighted by Crippen LogP contribution is -2.46. The first-order valence-electron chi connectivity index (χ1n) is 11.0. The highest BCUT2D eigenvalue weighted by Gasteiger charge is 2.20. The van der Waals surface area contributed by atoms with E-state index < -0.39 is 0 Å². The second-order valence-corrected chi connectivity index (χ2v) is 8.22. The molecule has 0 atom stereocenters. The van der Waals surface area contributed by atoms with Crippen molar-refractivity contribution < 1.29 is 5.11 Å². The van der Waals surface area contributed by atoms with E-state index in [9.17, 15) is 9.90 Å². The molecule has 2 N–H and O–H groups in total. The number of phenolic OH excluding ortho intramolecular Hbond substituents is 1. The van der Waals surface area contributed by atoms with E-state index in [1.807, 2.05) is 24.3 Å². The normalized spacial score (nSPS) is 17.8. The van der Waals surface area contributed by atoms with Gasteiger partial charge in [-0.3, -0.25) is 0 Å². The average molecular weight is 421 g/mol. The van der Waals surface area contributed by atoms with Crippen LogP contribution in [-0.2, 0) is 0 Å². The summed E-state index contributed by atoms with van der Waals surface area (Å²) < 4.78 is 3.27. The monoisotopic (exact) mass is 420 g/mol. The Morgan fingerprint density at radius 1 is 0.806 bits per heavy atom. The van der Waals surface area contributed by atoms with Crippen molar-refractivity contribution in [3.05, 3.63) is 65.3 Å². The van der Waals surface area contributed by atoms with Gasteiger partial charge in [0.1, 0.15) is 12.1 Å². The summed E-state index contributed by atoms with van der Waals surface area (Å²) in [5.41, 5.74) is 3.07. The zero-order valence-corrected chi connectivity index (χ0v) is 17.5. The molecule has 0 amide bonds. The van der Waals surface area contributed by atoms with Gasteiger partial charge in [0.2, 0.25) is 0 Å². The fourth-order valence-electron chi connectivity index (χ4n) is 4.51. The molecule has 3 aromatic rings. The summed E-state index contributed by atoms with van der Waals surface area (Å²) in [5, 5.41) is 17.2. The molecule has 8 nitrogen and oxygen atoms in total. The number of piperazine rings is 1. The van der Waals surface area contributed by atoms with Gasteiger partial charge < -0.3 is 20.2 Å². The Balaban J connectivity index is 1.25. The number of benzene rings is 2. The molecule has 0 radical (unpaired) electrons. The molecule has 0 spiro atoms. The average Bonchev–Trinajstić information content (AvgIpc) is 3.22. The van der Waals surface area contributed by atoms with Crippen molar-refractivity contribution in [2.24, 2.45) is 0 Å². The van der Waals surface area contributed by atoms with Crippen LogP contribution in [0.1, 0.15) is 18.9 Å². The van der Waals surface area contributed by atoms with Gasteiger partial charge in [-0.1, -0.05) is 0 Å². The molecule has 0 aliphatic carbocycles. The quantitative estimate of drug-likeness (QED) is 0.672. The highest BCUT2D eigenvalue weighted by atomic mass is 16.3. The topological polar surface area (TPSA) is 78.6 Å². The largest absolute Gasteiger partial charge is 0.508 e. The summed E-state index contributed by atoms with van der Waals surface area (Å²) in [6.07, 6.45) is 3.51. The standard InChI is InChI=1S/C23H28N6O2/c30-22-7-5-19(6-8-22)27-15-13-26(14-16-27)18-1-3-20(4-2-18)28-17-25-29(23(28)31)21-9-11-24-12-10-21/h1-8,17,21,24,30H,9-16H2. The molecule has 2 aromatic carbocycles. The minimum atomic E-state index is -0.0674. The third-order valence-electron chi connectivity index (χ3n) is 6.34. The maximum atomic E-state index is 12.9. The van der Waals surface area contributed by atoms with E-state index in [0.29, 0.717) is 5.75 Å². The number of phenols is 1. The number of nitrogens with zero attached hydrogens (tertiary/aromatic N) is 5. The SMILES string of the molecule is O=c1n(-c2ccc(N3CCN(c4ccc(O)cc4)CC3)cc2)cnn1C1CCNCC1. The summed E-state index contributed by atoms with van der Waals surface area (Å²) in [6, 6.07) is 15.7. The molecule has 1 aromatic heterocycles. The van der Waals surface area contributed by atoms with Crippen LogP contribution in [0.5, 0.6) is 5.75 Å². The summed E-state index contributed by atoms with van der Waals surface area (Å²) in [4.78, 5) is 17.6. The van der Waals surface area contributed by atoms with Crippen molar-refractivity contribution in [1.82, 2.24) is 19.7 Å². The maximum Gasteiger partial charge on any atom is 0.350 e. The number of aromatic nitrogens is 3. The molecule has 0 unspecified atom stereocenters. The van der Waals surface area contributed by atoms with Crippen LogP contribution in [0.25, 0.3) is 5.69 Å². The minimum absolute atomic E-state index is 0.0674. The van der Waals surface area contributed by atoms with E-state index in [-0.39, 0.29) is 11.7 Å². The van der Waals surface area contributed by atoms with Crippen LogP contribution < -0.4 is 20.8 Å². The Labute approximate surface area is 181 Å². The van der Waals surface area contributed by atoms with Crippen LogP contribution >= 0.6 is 0 Å². The van der Waals surface area contributed by atoms with E-state index in [0.717, 1.165) is 69.2 Å². The van der Waals surface area contributed by atoms with Crippen LogP contribution in [0.3, 0.4) is 0 Å². The lowest BCUT2D eigenvalue weighted by atomic mass is 10.1. The van der Waals surface area contributed by atoms with E-state index in [1.165, 1.54) is 0 Å². The first-order valence-corrected chi connectivity index (χ1v) is 11.0. The number of nitrogens with one attached hydrogen (secondary N) is 1. The van der Waals surface area contributed by atoms with Crippen molar-refractivity contribution >= 4 is 11.4 Å². The van der Waals surface area contributed by atoms with Gasteiger partial charge in [0.15, 0.2) is 0 Å². The van der Waals surface area contributed by atoms with Gasteiger partial charge in [-0.15, -0.1) is 0 Å². The molecule has 31 heavy (non-hydrogen) atoms. The first-order chi connectivity index (χ1) is 15.2. The molecule has 3 heterocycles. The van der Waals surface area contributed by atoms with Gasteiger partial charge in [0, 0.05) is 37.6 Å². The van der Waals surface area contributed by atoms with Crippen molar-refractivity contribution in [1.29, 1.82) is 0 Å². The predicted molar refractivity (Wildman–Crippen MR) is 121 cm³/mol. The lowest BCUT2D eigenvalue weighted by Gasteiger charge is -2.37. The summed E-state index contributed by atoms with van der Waals surface area (Å²) in [7, 11) is 0. The molecular formula is C23H28N6O2. The zero-order valence-electron chi connectivity index (χ0n) is 17.5. The van der Waals surface area contributed by atoms with Gasteiger partial charge in [-0.05, 0) is 74.5 Å². The highest BCUT2D eigenvalue weighted by Crippen LogP contribution is 2.23. The molecule has 2 aliphatic heterocycles. The van der Waals surface area contributed by atoms with Gasteiger partial charge >= 0.3 is 5.69 Å². The van der Waals surface area contributed by atoms with Crippen molar-refractivity contribution in [2.75, 3.05) is 49.1 Å². The number of aromatic hydroxyl groups is 1. The molecule has 2 saturated heterocycles. The fourth-order valence-corrected chi connectivity index (χ4v) is 4.51. The predicted octanol–water partition coefficient (Wildman–Crippen LogP) is 1.99. The molecular weight excluding hydrogens is 392 g/mol. The van der Waals surface area contributed by atoms with Crippen LogP contribution in [0.15, 0.2) is 59.7 Å². The van der Waals surface area contributed by atoms with E-state index in [2.05, 4.69) is 32.3 Å². The number of rotatable bonds is 4. The number of piperidine rings is 1. The molecule has 0 bridgehead atoms. The number of hydrogen-bond donors (Lipinski definition) is 2. The Kier molecular flexibility index (Phi) is 5.38. The Morgan fingerprint density at radius 3 is 1.90 bits per heavy atom. The van der Waals surface area contributed by atoms with Crippen molar-refractivity contribution in [3.63, 3.8) is 0 Å². The fraction of sp³-hybridized carbons (Fsp3) is 0.391. The molecule has 2 fully saturated rings. The number of anilines is 2. The summed E-state index contributed by atoms with van der Waals surface area (Å²) in [6.45, 7) is 5.56. The van der Waals surface area contributed by atoms with Crippen LogP contribution in [0, 0.1) is 0 Å². The maximum absolute atomic E-state index is 12.9. The van der Waals surface area contributed by atoms with Crippen LogP contribution in [0.2, 0.25) is 0 Å². The third-order valence-corrected chi connectivity index (χ3v) is 6.34. The Morgan fingerprint density at radius 2 is 1.32 bits per heavy atom. The van der Waals surface area contributed by atoms with Crippen molar-refractivity contribution in [3.8, 4) is 11.4 Å². The zero-order chi connectivity index (χ0) is 21.2. The van der Waals surface area contributed by atoms with Crippen LogP contribution in [0.4, 0.5) is 11.4 Å². The third kappa shape index (κ3) is 4.03. The van der Waals surface area contributed by atoms with E-state index in [1.54, 1.807) is 27.7 Å². The molecule has 162 valence electrons. The summed E-state index contributed by atoms with van der Waals surface area (Å²) in [5.74, 6) is 0.294. The first kappa shape index (κ1) is 19.7. The second kappa shape index (κ2) is 8.47. The van der Waals surface area contributed by atoms with Gasteiger partial charge in [-0.2, -0.15) is 5.10 Å². The Hall–Kier alpha value is -3.26. The summed E-state index contributed by atoms with van der Waals surface area (Å²) >= 11 is 0. The van der Waals surface area contributed by atoms with Crippen molar-refractivity contribution in [2.45, 2.75) is 18.9 Å². The smallest absolute Gasteiger partial charge is 0.350 e. The van der Waals surface area contributed by atoms with Gasteiger partial charge in [-0.25, -0.2) is 14.0 Å². The lowest BCUT2D eigenvalue weighted by molar-refractivity contribution is 0.334.